The quantitative estimate of drug-likeness (QED) is 0.768. The molecule has 27 heavy (non-hydrogen) atoms. The first-order valence-corrected chi connectivity index (χ1v) is 9.67. The smallest absolute Gasteiger partial charge is 0.264 e. The van der Waals surface area contributed by atoms with Crippen LogP contribution in [0.3, 0.4) is 0 Å². The molecule has 0 aliphatic carbocycles. The molecular weight excluding hydrogens is 358 g/mol. The molecule has 0 bridgehead atoms. The largest absolute Gasteiger partial charge is 0.484 e. The molecule has 0 radical (unpaired) electrons. The van der Waals surface area contributed by atoms with E-state index in [0.717, 1.165) is 30.0 Å². The Bertz CT molecular complexity index is 804. The van der Waals surface area contributed by atoms with Gasteiger partial charge in [-0.2, -0.15) is 0 Å². The molecule has 0 unspecified atom stereocenters. The van der Waals surface area contributed by atoms with Crippen LogP contribution in [-0.2, 0) is 4.79 Å². The number of ether oxygens (including phenoxy) is 1. The maximum Gasteiger partial charge on any atom is 0.264 e. The Morgan fingerprint density at radius 1 is 1.11 bits per heavy atom. The zero-order valence-electron chi connectivity index (χ0n) is 15.5. The monoisotopic (exact) mass is 383 g/mol. The van der Waals surface area contributed by atoms with Crippen molar-refractivity contribution in [1.82, 2.24) is 5.32 Å². The molecule has 0 spiro atoms. The van der Waals surface area contributed by atoms with Gasteiger partial charge >= 0.3 is 0 Å². The molecule has 6 heteroatoms. The van der Waals surface area contributed by atoms with E-state index in [4.69, 9.17) is 17.0 Å². The van der Waals surface area contributed by atoms with E-state index in [-0.39, 0.29) is 17.6 Å². The van der Waals surface area contributed by atoms with Crippen molar-refractivity contribution in [2.24, 2.45) is 0 Å². The minimum atomic E-state index is -0.288. The van der Waals surface area contributed by atoms with Crippen LogP contribution in [0.5, 0.6) is 5.75 Å². The number of para-hydroxylation sites is 2. The standard InChI is InChI=1S/C21H25N3O2S/c1-16-8-7-9-17(14-16)26-15-20(25)23-21(27)22-18-10-3-4-11-19(18)24-12-5-2-6-13-24/h3-4,7-11,14H,2,5-6,12-13,15H2,1H3,(H2,22,23,25,27). The van der Waals surface area contributed by atoms with Gasteiger partial charge in [0.15, 0.2) is 11.7 Å². The number of rotatable bonds is 5. The fraction of sp³-hybridized carbons (Fsp3) is 0.333. The average molecular weight is 384 g/mol. The molecule has 0 saturated carbocycles. The number of benzene rings is 2. The Balaban J connectivity index is 1.53. The lowest BCUT2D eigenvalue weighted by Crippen LogP contribution is -2.38. The summed E-state index contributed by atoms with van der Waals surface area (Å²) in [6.45, 7) is 3.98. The number of amides is 1. The summed E-state index contributed by atoms with van der Waals surface area (Å²) in [4.78, 5) is 14.5. The first-order valence-electron chi connectivity index (χ1n) is 9.26. The third kappa shape index (κ3) is 5.69. The Labute approximate surface area is 165 Å². The van der Waals surface area contributed by atoms with E-state index in [1.807, 2.05) is 49.4 Å². The van der Waals surface area contributed by atoms with Crippen LogP contribution in [0.15, 0.2) is 48.5 Å². The molecule has 0 atom stereocenters. The number of piperidine rings is 1. The number of nitrogens with zero attached hydrogens (tertiary/aromatic N) is 1. The zero-order chi connectivity index (χ0) is 19.1. The summed E-state index contributed by atoms with van der Waals surface area (Å²) in [7, 11) is 0. The van der Waals surface area contributed by atoms with Crippen molar-refractivity contribution in [3.8, 4) is 5.75 Å². The number of anilines is 2. The molecule has 2 N–H and O–H groups in total. The van der Waals surface area contributed by atoms with Gasteiger partial charge in [0.25, 0.3) is 5.91 Å². The Morgan fingerprint density at radius 2 is 1.89 bits per heavy atom. The van der Waals surface area contributed by atoms with E-state index >= 15 is 0 Å². The van der Waals surface area contributed by atoms with Crippen LogP contribution >= 0.6 is 12.2 Å². The molecule has 1 amide bonds. The van der Waals surface area contributed by atoms with Crippen molar-refractivity contribution in [3.05, 3.63) is 54.1 Å². The molecule has 1 heterocycles. The fourth-order valence-electron chi connectivity index (χ4n) is 3.16. The van der Waals surface area contributed by atoms with Gasteiger partial charge in [-0.15, -0.1) is 0 Å². The average Bonchev–Trinajstić information content (AvgIpc) is 2.67. The minimum absolute atomic E-state index is 0.0843. The lowest BCUT2D eigenvalue weighted by molar-refractivity contribution is -0.121. The highest BCUT2D eigenvalue weighted by Gasteiger charge is 2.15. The Hall–Kier alpha value is -2.60. The molecule has 1 aliphatic heterocycles. The molecule has 1 aliphatic rings. The predicted octanol–water partition coefficient (Wildman–Crippen LogP) is 3.88. The highest BCUT2D eigenvalue weighted by atomic mass is 32.1. The van der Waals surface area contributed by atoms with Crippen LogP contribution in [0.4, 0.5) is 11.4 Å². The van der Waals surface area contributed by atoms with Crippen LogP contribution in [0.1, 0.15) is 24.8 Å². The number of thiocarbonyl (C=S) groups is 1. The van der Waals surface area contributed by atoms with Gasteiger partial charge in [-0.1, -0.05) is 24.3 Å². The van der Waals surface area contributed by atoms with Crippen LogP contribution in [0, 0.1) is 6.92 Å². The van der Waals surface area contributed by atoms with Crippen LogP contribution in [0.2, 0.25) is 0 Å². The second-order valence-corrected chi connectivity index (χ2v) is 7.08. The van der Waals surface area contributed by atoms with E-state index in [2.05, 4.69) is 21.6 Å². The summed E-state index contributed by atoms with van der Waals surface area (Å²) in [6.07, 6.45) is 3.68. The lowest BCUT2D eigenvalue weighted by atomic mass is 10.1. The molecule has 3 rings (SSSR count). The number of aryl methyl sites for hydroxylation is 1. The normalized spacial score (nSPS) is 13.7. The summed E-state index contributed by atoms with van der Waals surface area (Å²) in [5.41, 5.74) is 3.11. The maximum absolute atomic E-state index is 12.1. The molecule has 5 nitrogen and oxygen atoms in total. The summed E-state index contributed by atoms with van der Waals surface area (Å²) < 4.78 is 5.51. The van der Waals surface area contributed by atoms with Crippen LogP contribution in [0.25, 0.3) is 0 Å². The maximum atomic E-state index is 12.1. The number of carbonyl (C=O) groups is 1. The third-order valence-corrected chi connectivity index (χ3v) is 4.67. The molecular formula is C21H25N3O2S. The van der Waals surface area contributed by atoms with Gasteiger partial charge in [0.05, 0.1) is 11.4 Å². The second-order valence-electron chi connectivity index (χ2n) is 6.67. The Morgan fingerprint density at radius 3 is 2.67 bits per heavy atom. The molecule has 2 aromatic carbocycles. The van der Waals surface area contributed by atoms with Gasteiger partial charge < -0.3 is 15.0 Å². The molecule has 2 aromatic rings. The number of carbonyl (C=O) groups excluding carboxylic acids is 1. The topological polar surface area (TPSA) is 53.6 Å². The first kappa shape index (κ1) is 19.2. The van der Waals surface area contributed by atoms with Gasteiger partial charge in [-0.25, -0.2) is 0 Å². The van der Waals surface area contributed by atoms with Crippen LogP contribution in [-0.4, -0.2) is 30.7 Å². The first-order chi connectivity index (χ1) is 13.1. The van der Waals surface area contributed by atoms with Crippen molar-refractivity contribution in [2.75, 3.05) is 29.9 Å². The molecule has 1 saturated heterocycles. The highest BCUT2D eigenvalue weighted by molar-refractivity contribution is 7.80. The van der Waals surface area contributed by atoms with Crippen molar-refractivity contribution in [2.45, 2.75) is 26.2 Å². The zero-order valence-corrected chi connectivity index (χ0v) is 16.3. The third-order valence-electron chi connectivity index (χ3n) is 4.46. The van der Waals surface area contributed by atoms with E-state index in [0.29, 0.717) is 5.75 Å². The lowest BCUT2D eigenvalue weighted by Gasteiger charge is -2.30. The molecule has 1 fully saturated rings. The van der Waals surface area contributed by atoms with Crippen LogP contribution < -0.4 is 20.3 Å². The van der Waals surface area contributed by atoms with Crippen molar-refractivity contribution in [3.63, 3.8) is 0 Å². The summed E-state index contributed by atoms with van der Waals surface area (Å²) in [5, 5.41) is 6.10. The van der Waals surface area contributed by atoms with Crippen molar-refractivity contribution >= 4 is 34.6 Å². The highest BCUT2D eigenvalue weighted by Crippen LogP contribution is 2.28. The summed E-state index contributed by atoms with van der Waals surface area (Å²) in [5.74, 6) is 0.379. The van der Waals surface area contributed by atoms with Gasteiger partial charge in [-0.05, 0) is 68.2 Å². The van der Waals surface area contributed by atoms with Crippen molar-refractivity contribution in [1.29, 1.82) is 0 Å². The van der Waals surface area contributed by atoms with Crippen molar-refractivity contribution < 1.29 is 9.53 Å². The van der Waals surface area contributed by atoms with Gasteiger partial charge in [0.2, 0.25) is 0 Å². The fourth-order valence-corrected chi connectivity index (χ4v) is 3.38. The van der Waals surface area contributed by atoms with E-state index in [1.54, 1.807) is 0 Å². The van der Waals surface area contributed by atoms with E-state index in [9.17, 15) is 4.79 Å². The molecule has 0 aromatic heterocycles. The van der Waals surface area contributed by atoms with Gasteiger partial charge in [0.1, 0.15) is 5.75 Å². The summed E-state index contributed by atoms with van der Waals surface area (Å²) in [6, 6.07) is 15.6. The predicted molar refractivity (Wildman–Crippen MR) is 114 cm³/mol. The number of hydrogen-bond donors (Lipinski definition) is 2. The second kappa shape index (κ2) is 9.37. The number of hydrogen-bond acceptors (Lipinski definition) is 4. The summed E-state index contributed by atoms with van der Waals surface area (Å²) >= 11 is 5.31. The Kier molecular flexibility index (Phi) is 6.65. The van der Waals surface area contributed by atoms with Gasteiger partial charge in [0, 0.05) is 13.1 Å². The number of nitrogens with one attached hydrogen (secondary N) is 2. The van der Waals surface area contributed by atoms with Gasteiger partial charge in [-0.3, -0.25) is 10.1 Å². The minimum Gasteiger partial charge on any atom is -0.484 e. The molecule has 142 valence electrons. The SMILES string of the molecule is Cc1cccc(OCC(=O)NC(=S)Nc2ccccc2N2CCCCC2)c1. The van der Waals surface area contributed by atoms with E-state index < -0.39 is 0 Å². The van der Waals surface area contributed by atoms with E-state index in [1.165, 1.54) is 19.3 Å².